The van der Waals surface area contributed by atoms with Gasteiger partial charge in [-0.05, 0) is 42.8 Å². The van der Waals surface area contributed by atoms with Crippen molar-refractivity contribution in [1.82, 2.24) is 14.5 Å². The van der Waals surface area contributed by atoms with E-state index >= 15 is 0 Å². The number of halogens is 1. The van der Waals surface area contributed by atoms with Crippen LogP contribution in [0.3, 0.4) is 0 Å². The van der Waals surface area contributed by atoms with Crippen molar-refractivity contribution >= 4 is 11.0 Å². The second-order valence-electron chi connectivity index (χ2n) is 5.38. The zero-order valence-corrected chi connectivity index (χ0v) is 12.6. The summed E-state index contributed by atoms with van der Waals surface area (Å²) in [4.78, 5) is 9.13. The SMILES string of the molecule is Cc1cccnc1-n1c(-c2ccccc2F)nc2ccccc21. The minimum absolute atomic E-state index is 0.294. The molecule has 112 valence electrons. The molecule has 0 bridgehead atoms. The summed E-state index contributed by atoms with van der Waals surface area (Å²) in [5.41, 5.74) is 3.20. The van der Waals surface area contributed by atoms with Crippen LogP contribution in [-0.4, -0.2) is 14.5 Å². The predicted octanol–water partition coefficient (Wildman–Crippen LogP) is 4.54. The Morgan fingerprint density at radius 3 is 2.52 bits per heavy atom. The molecule has 0 aliphatic carbocycles. The molecule has 0 aliphatic rings. The van der Waals surface area contributed by atoms with E-state index in [1.807, 2.05) is 54.0 Å². The van der Waals surface area contributed by atoms with Crippen molar-refractivity contribution in [2.24, 2.45) is 0 Å². The summed E-state index contributed by atoms with van der Waals surface area (Å²) in [6.45, 7) is 1.99. The van der Waals surface area contributed by atoms with Crippen LogP contribution < -0.4 is 0 Å². The third-order valence-corrected chi connectivity index (χ3v) is 3.87. The van der Waals surface area contributed by atoms with Crippen molar-refractivity contribution in [3.05, 3.63) is 78.2 Å². The highest BCUT2D eigenvalue weighted by atomic mass is 19.1. The highest BCUT2D eigenvalue weighted by Crippen LogP contribution is 2.30. The van der Waals surface area contributed by atoms with Crippen LogP contribution in [0.25, 0.3) is 28.2 Å². The highest BCUT2D eigenvalue weighted by molar-refractivity contribution is 5.83. The van der Waals surface area contributed by atoms with Crippen molar-refractivity contribution in [3.8, 4) is 17.2 Å². The second-order valence-corrected chi connectivity index (χ2v) is 5.38. The molecule has 0 unspecified atom stereocenters. The van der Waals surface area contributed by atoms with E-state index < -0.39 is 0 Å². The summed E-state index contributed by atoms with van der Waals surface area (Å²) in [6.07, 6.45) is 1.74. The quantitative estimate of drug-likeness (QED) is 0.544. The summed E-state index contributed by atoms with van der Waals surface area (Å²) in [5.74, 6) is 1.03. The van der Waals surface area contributed by atoms with E-state index in [-0.39, 0.29) is 5.82 Å². The van der Waals surface area contributed by atoms with Crippen molar-refractivity contribution in [1.29, 1.82) is 0 Å². The van der Waals surface area contributed by atoms with Crippen molar-refractivity contribution in [3.63, 3.8) is 0 Å². The molecule has 0 N–H and O–H groups in total. The molecule has 0 amide bonds. The minimum Gasteiger partial charge on any atom is -0.276 e. The maximum atomic E-state index is 14.3. The van der Waals surface area contributed by atoms with Gasteiger partial charge in [0.1, 0.15) is 17.5 Å². The Kier molecular flexibility index (Phi) is 3.15. The molecule has 0 radical (unpaired) electrons. The van der Waals surface area contributed by atoms with E-state index in [2.05, 4.69) is 9.97 Å². The summed E-state index contributed by atoms with van der Waals surface area (Å²) >= 11 is 0. The first-order valence-electron chi connectivity index (χ1n) is 7.40. The third kappa shape index (κ3) is 2.19. The lowest BCUT2D eigenvalue weighted by atomic mass is 10.2. The van der Waals surface area contributed by atoms with E-state index in [4.69, 9.17) is 0 Å². The van der Waals surface area contributed by atoms with Crippen LogP contribution in [0.5, 0.6) is 0 Å². The Morgan fingerprint density at radius 1 is 0.913 bits per heavy atom. The molecule has 0 saturated heterocycles. The molecule has 0 aliphatic heterocycles. The van der Waals surface area contributed by atoms with Gasteiger partial charge < -0.3 is 0 Å². The van der Waals surface area contributed by atoms with Crippen LogP contribution in [0.2, 0.25) is 0 Å². The largest absolute Gasteiger partial charge is 0.276 e. The standard InChI is InChI=1S/C19H14FN3/c1-13-7-6-12-21-18(13)23-17-11-5-4-10-16(17)22-19(23)14-8-2-3-9-15(14)20/h2-12H,1H3. The summed E-state index contributed by atoms with van der Waals surface area (Å²) in [7, 11) is 0. The molecule has 2 heterocycles. The molecule has 4 rings (SSSR count). The molecule has 4 heteroatoms. The van der Waals surface area contributed by atoms with E-state index in [9.17, 15) is 4.39 Å². The second kappa shape index (κ2) is 5.32. The average molecular weight is 303 g/mol. The number of imidazole rings is 1. The third-order valence-electron chi connectivity index (χ3n) is 3.87. The van der Waals surface area contributed by atoms with Crippen LogP contribution >= 0.6 is 0 Å². The molecule has 4 aromatic rings. The van der Waals surface area contributed by atoms with E-state index in [1.54, 1.807) is 18.3 Å². The zero-order chi connectivity index (χ0) is 15.8. The van der Waals surface area contributed by atoms with Crippen molar-refractivity contribution < 1.29 is 4.39 Å². The highest BCUT2D eigenvalue weighted by Gasteiger charge is 2.18. The van der Waals surface area contributed by atoms with Gasteiger partial charge in [0.2, 0.25) is 0 Å². The van der Waals surface area contributed by atoms with E-state index in [0.29, 0.717) is 11.4 Å². The Bertz CT molecular complexity index is 1000. The average Bonchev–Trinajstić information content (AvgIpc) is 2.95. The number of hydrogen-bond donors (Lipinski definition) is 0. The van der Waals surface area contributed by atoms with Gasteiger partial charge in [-0.25, -0.2) is 14.4 Å². The normalized spacial score (nSPS) is 11.0. The van der Waals surface area contributed by atoms with Crippen LogP contribution in [-0.2, 0) is 0 Å². The molecule has 0 spiro atoms. The van der Waals surface area contributed by atoms with Crippen molar-refractivity contribution in [2.75, 3.05) is 0 Å². The smallest absolute Gasteiger partial charge is 0.149 e. The number of rotatable bonds is 2. The topological polar surface area (TPSA) is 30.7 Å². The lowest BCUT2D eigenvalue weighted by molar-refractivity contribution is 0.629. The van der Waals surface area contributed by atoms with Crippen LogP contribution in [0.1, 0.15) is 5.56 Å². The molecule has 0 saturated carbocycles. The fourth-order valence-electron chi connectivity index (χ4n) is 2.78. The fraction of sp³-hybridized carbons (Fsp3) is 0.0526. The number of hydrogen-bond acceptors (Lipinski definition) is 2. The molecule has 2 aromatic carbocycles. The number of para-hydroxylation sites is 2. The molecular weight excluding hydrogens is 289 g/mol. The van der Waals surface area contributed by atoms with Gasteiger partial charge in [0.15, 0.2) is 0 Å². The van der Waals surface area contributed by atoms with Gasteiger partial charge in [-0.15, -0.1) is 0 Å². The van der Waals surface area contributed by atoms with Crippen LogP contribution in [0.15, 0.2) is 66.9 Å². The molecule has 3 nitrogen and oxygen atoms in total. The Balaban J connectivity index is 2.12. The number of benzene rings is 2. The van der Waals surface area contributed by atoms with Gasteiger partial charge in [-0.1, -0.05) is 30.3 Å². The van der Waals surface area contributed by atoms with E-state index in [0.717, 1.165) is 22.4 Å². The van der Waals surface area contributed by atoms with Gasteiger partial charge >= 0.3 is 0 Å². The number of pyridine rings is 1. The monoisotopic (exact) mass is 303 g/mol. The lowest BCUT2D eigenvalue weighted by Crippen LogP contribution is -2.03. The number of aryl methyl sites for hydroxylation is 1. The summed E-state index contributed by atoms with van der Waals surface area (Å²) in [6, 6.07) is 18.3. The van der Waals surface area contributed by atoms with Gasteiger partial charge in [0, 0.05) is 6.20 Å². The Labute approximate surface area is 133 Å². The Morgan fingerprint density at radius 2 is 1.70 bits per heavy atom. The Hall–Kier alpha value is -3.01. The lowest BCUT2D eigenvalue weighted by Gasteiger charge is -2.11. The maximum Gasteiger partial charge on any atom is 0.149 e. The van der Waals surface area contributed by atoms with Crippen LogP contribution in [0, 0.1) is 12.7 Å². The number of aromatic nitrogens is 3. The summed E-state index contributed by atoms with van der Waals surface area (Å²) in [5, 5.41) is 0. The molecule has 0 fully saturated rings. The number of fused-ring (bicyclic) bond motifs is 1. The first kappa shape index (κ1) is 13.6. The first-order chi connectivity index (χ1) is 11.3. The fourth-order valence-corrected chi connectivity index (χ4v) is 2.78. The van der Waals surface area contributed by atoms with Gasteiger partial charge in [-0.3, -0.25) is 4.57 Å². The predicted molar refractivity (Wildman–Crippen MR) is 89.0 cm³/mol. The molecular formula is C19H14FN3. The van der Waals surface area contributed by atoms with E-state index in [1.165, 1.54) is 6.07 Å². The minimum atomic E-state index is -0.294. The van der Waals surface area contributed by atoms with Crippen LogP contribution in [0.4, 0.5) is 4.39 Å². The van der Waals surface area contributed by atoms with Gasteiger partial charge in [-0.2, -0.15) is 0 Å². The van der Waals surface area contributed by atoms with Gasteiger partial charge in [0.25, 0.3) is 0 Å². The zero-order valence-electron chi connectivity index (χ0n) is 12.6. The molecule has 0 atom stereocenters. The number of nitrogens with zero attached hydrogens (tertiary/aromatic N) is 3. The first-order valence-corrected chi connectivity index (χ1v) is 7.40. The molecule has 2 aromatic heterocycles. The molecule has 23 heavy (non-hydrogen) atoms. The maximum absolute atomic E-state index is 14.3. The van der Waals surface area contributed by atoms with Crippen molar-refractivity contribution in [2.45, 2.75) is 6.92 Å². The summed E-state index contributed by atoms with van der Waals surface area (Å²) < 4.78 is 16.2. The van der Waals surface area contributed by atoms with Gasteiger partial charge in [0.05, 0.1) is 16.6 Å².